The van der Waals surface area contributed by atoms with Crippen LogP contribution in [-0.2, 0) is 14.3 Å². The zero-order chi connectivity index (χ0) is 15.6. The Balaban J connectivity index is 1.35. The summed E-state index contributed by atoms with van der Waals surface area (Å²) in [7, 11) is 0. The van der Waals surface area contributed by atoms with Gasteiger partial charge in [0.25, 0.3) is 0 Å². The highest BCUT2D eigenvalue weighted by molar-refractivity contribution is 8.01. The molecule has 7 heteroatoms. The van der Waals surface area contributed by atoms with Gasteiger partial charge in [-0.1, -0.05) is 23.9 Å². The van der Waals surface area contributed by atoms with E-state index in [0.717, 1.165) is 27.4 Å². The Hall–Kier alpha value is -1.44. The lowest BCUT2D eigenvalue weighted by molar-refractivity contribution is -0.141. The maximum absolute atomic E-state index is 12.6. The van der Waals surface area contributed by atoms with Crippen molar-refractivity contribution in [3.8, 4) is 0 Å². The van der Waals surface area contributed by atoms with Crippen LogP contribution in [0.5, 0.6) is 0 Å². The Bertz CT molecular complexity index is 760. The number of rotatable bonds is 3. The van der Waals surface area contributed by atoms with Gasteiger partial charge in [-0.25, -0.2) is 4.98 Å². The third kappa shape index (κ3) is 2.00. The number of aromatic nitrogens is 1. The first-order valence-corrected chi connectivity index (χ1v) is 9.51. The number of benzene rings is 1. The standard InChI is InChI=1S/C16H14N2O3S2/c19-14-12-9-5-6-10(21-9)13(12)15(20)18(14)7-22-16-17-8-3-1-2-4-11(8)23-16/h1-4,9-10,12-13H,5-7H2/t9-,10+,12-,13+. The van der Waals surface area contributed by atoms with E-state index in [4.69, 9.17) is 4.74 Å². The van der Waals surface area contributed by atoms with Crippen LogP contribution in [0.2, 0.25) is 0 Å². The van der Waals surface area contributed by atoms with Crippen LogP contribution in [0.3, 0.4) is 0 Å². The van der Waals surface area contributed by atoms with E-state index >= 15 is 0 Å². The van der Waals surface area contributed by atoms with E-state index in [9.17, 15) is 9.59 Å². The number of nitrogens with zero attached hydrogens (tertiary/aromatic N) is 2. The minimum absolute atomic E-state index is 0.0427. The highest BCUT2D eigenvalue weighted by Gasteiger charge is 2.62. The molecule has 0 N–H and O–H groups in total. The number of ether oxygens (including phenoxy) is 1. The summed E-state index contributed by atoms with van der Waals surface area (Å²) in [6.07, 6.45) is 1.73. The normalized spacial score (nSPS) is 32.3. The summed E-state index contributed by atoms with van der Waals surface area (Å²) in [5, 5.41) is 0. The van der Waals surface area contributed by atoms with E-state index in [-0.39, 0.29) is 35.9 Å². The van der Waals surface area contributed by atoms with Crippen molar-refractivity contribution in [2.24, 2.45) is 11.8 Å². The molecule has 4 atom stereocenters. The van der Waals surface area contributed by atoms with Crippen LogP contribution >= 0.6 is 23.1 Å². The molecular weight excluding hydrogens is 332 g/mol. The van der Waals surface area contributed by atoms with Crippen LogP contribution in [-0.4, -0.2) is 39.8 Å². The van der Waals surface area contributed by atoms with Crippen LogP contribution in [0, 0.1) is 11.8 Å². The Kier molecular flexibility index (Phi) is 3.05. The zero-order valence-corrected chi connectivity index (χ0v) is 13.8. The molecule has 0 spiro atoms. The summed E-state index contributed by atoms with van der Waals surface area (Å²) in [6.45, 7) is 0. The first-order chi connectivity index (χ1) is 11.2. The number of fused-ring (bicyclic) bond motifs is 6. The molecule has 1 aromatic heterocycles. The Morgan fingerprint density at radius 1 is 1.17 bits per heavy atom. The van der Waals surface area contributed by atoms with Crippen molar-refractivity contribution in [3.63, 3.8) is 0 Å². The SMILES string of the molecule is O=C1[C@@H]2[C@H](C(=O)N1CSc1nc3ccccc3s1)[C@H]1CC[C@@H]2O1. The second kappa shape index (κ2) is 5.03. The number of amides is 2. The van der Waals surface area contributed by atoms with Gasteiger partial charge < -0.3 is 4.74 Å². The van der Waals surface area contributed by atoms with Crippen molar-refractivity contribution in [3.05, 3.63) is 24.3 Å². The van der Waals surface area contributed by atoms with Gasteiger partial charge in [0.15, 0.2) is 4.34 Å². The van der Waals surface area contributed by atoms with Gasteiger partial charge in [-0.05, 0) is 25.0 Å². The van der Waals surface area contributed by atoms with E-state index in [2.05, 4.69) is 4.98 Å². The van der Waals surface area contributed by atoms with Gasteiger partial charge in [0.2, 0.25) is 11.8 Å². The fourth-order valence-corrected chi connectivity index (χ4v) is 5.95. The Morgan fingerprint density at radius 2 is 1.87 bits per heavy atom. The average molecular weight is 346 g/mol. The van der Waals surface area contributed by atoms with E-state index in [1.165, 1.54) is 16.7 Å². The zero-order valence-electron chi connectivity index (χ0n) is 12.2. The van der Waals surface area contributed by atoms with Crippen LogP contribution in [0.4, 0.5) is 0 Å². The molecular formula is C16H14N2O3S2. The highest BCUT2D eigenvalue weighted by atomic mass is 32.2. The molecule has 3 fully saturated rings. The van der Waals surface area contributed by atoms with E-state index in [1.54, 1.807) is 11.3 Å². The van der Waals surface area contributed by atoms with Gasteiger partial charge >= 0.3 is 0 Å². The molecule has 5 rings (SSSR count). The summed E-state index contributed by atoms with van der Waals surface area (Å²) in [5.74, 6) is -0.236. The predicted molar refractivity (Wildman–Crippen MR) is 87.1 cm³/mol. The van der Waals surface area contributed by atoms with Gasteiger partial charge in [-0.3, -0.25) is 14.5 Å². The molecule has 0 radical (unpaired) electrons. The third-order valence-electron chi connectivity index (χ3n) is 4.97. The molecule has 4 heterocycles. The molecule has 0 saturated carbocycles. The third-order valence-corrected chi connectivity index (χ3v) is 7.13. The van der Waals surface area contributed by atoms with Crippen LogP contribution in [0.1, 0.15) is 12.8 Å². The minimum Gasteiger partial charge on any atom is -0.373 e. The smallest absolute Gasteiger partial charge is 0.236 e. The van der Waals surface area contributed by atoms with Crippen LogP contribution in [0.15, 0.2) is 28.6 Å². The molecule has 23 heavy (non-hydrogen) atoms. The van der Waals surface area contributed by atoms with Gasteiger partial charge in [-0.15, -0.1) is 11.3 Å². The number of hydrogen-bond donors (Lipinski definition) is 0. The number of carbonyl (C=O) groups is 2. The fraction of sp³-hybridized carbons (Fsp3) is 0.438. The topological polar surface area (TPSA) is 59.5 Å². The predicted octanol–water partition coefficient (Wildman–Crippen LogP) is 2.51. The van der Waals surface area contributed by atoms with Crippen LogP contribution < -0.4 is 0 Å². The second-order valence-electron chi connectivity index (χ2n) is 6.17. The van der Waals surface area contributed by atoms with Crippen molar-refractivity contribution < 1.29 is 14.3 Å². The minimum atomic E-state index is -0.239. The molecule has 3 aliphatic rings. The molecule has 2 aromatic rings. The molecule has 118 valence electrons. The van der Waals surface area contributed by atoms with E-state index in [1.807, 2.05) is 24.3 Å². The summed E-state index contributed by atoms with van der Waals surface area (Å²) < 4.78 is 7.76. The summed E-state index contributed by atoms with van der Waals surface area (Å²) in [4.78, 5) is 31.1. The number of thiazole rings is 1. The van der Waals surface area contributed by atoms with Gasteiger partial charge in [-0.2, -0.15) is 0 Å². The maximum Gasteiger partial charge on any atom is 0.236 e. The van der Waals surface area contributed by atoms with Crippen molar-refractivity contribution in [1.29, 1.82) is 0 Å². The summed E-state index contributed by atoms with van der Waals surface area (Å²) in [5.41, 5.74) is 0.961. The molecule has 1 aromatic carbocycles. The molecule has 3 aliphatic heterocycles. The number of thioether (sulfide) groups is 1. The fourth-order valence-electron chi connectivity index (χ4n) is 3.93. The highest BCUT2D eigenvalue weighted by Crippen LogP contribution is 2.49. The quantitative estimate of drug-likeness (QED) is 0.631. The molecule has 2 amide bonds. The van der Waals surface area contributed by atoms with Crippen molar-refractivity contribution in [1.82, 2.24) is 9.88 Å². The first kappa shape index (κ1) is 13.9. The molecule has 2 bridgehead atoms. The molecule has 5 nitrogen and oxygen atoms in total. The first-order valence-electron chi connectivity index (χ1n) is 7.71. The number of para-hydroxylation sites is 1. The van der Waals surface area contributed by atoms with Crippen molar-refractivity contribution in [2.75, 3.05) is 5.88 Å². The Labute approximate surface area is 141 Å². The number of imide groups is 1. The average Bonchev–Trinajstić information content (AvgIpc) is 3.29. The maximum atomic E-state index is 12.6. The lowest BCUT2D eigenvalue weighted by atomic mass is 9.81. The number of hydrogen-bond acceptors (Lipinski definition) is 6. The molecule has 3 saturated heterocycles. The summed E-state index contributed by atoms with van der Waals surface area (Å²) >= 11 is 3.06. The monoisotopic (exact) mass is 346 g/mol. The number of carbonyl (C=O) groups excluding carboxylic acids is 2. The van der Waals surface area contributed by atoms with Gasteiger partial charge in [0.05, 0.1) is 40.1 Å². The largest absolute Gasteiger partial charge is 0.373 e. The van der Waals surface area contributed by atoms with E-state index in [0.29, 0.717) is 5.88 Å². The lowest BCUT2D eigenvalue weighted by Crippen LogP contribution is -2.33. The molecule has 0 aliphatic carbocycles. The van der Waals surface area contributed by atoms with Crippen LogP contribution in [0.25, 0.3) is 10.2 Å². The van der Waals surface area contributed by atoms with Gasteiger partial charge in [0, 0.05) is 0 Å². The lowest BCUT2D eigenvalue weighted by Gasteiger charge is -2.16. The number of likely N-dealkylation sites (tertiary alicyclic amines) is 1. The molecule has 0 unspecified atom stereocenters. The van der Waals surface area contributed by atoms with E-state index < -0.39 is 0 Å². The van der Waals surface area contributed by atoms with Crippen molar-refractivity contribution >= 4 is 45.1 Å². The Morgan fingerprint density at radius 3 is 2.57 bits per heavy atom. The van der Waals surface area contributed by atoms with Gasteiger partial charge in [0.1, 0.15) is 0 Å². The summed E-state index contributed by atoms with van der Waals surface area (Å²) in [6, 6.07) is 7.95. The second-order valence-corrected chi connectivity index (χ2v) is 8.39. The van der Waals surface area contributed by atoms with Crippen molar-refractivity contribution in [2.45, 2.75) is 29.4 Å².